The highest BCUT2D eigenvalue weighted by Crippen LogP contribution is 2.29. The molecule has 2 aromatic carbocycles. The first-order valence-electron chi connectivity index (χ1n) is 13.2. The van der Waals surface area contributed by atoms with E-state index in [0.717, 1.165) is 56.3 Å². The molecule has 0 radical (unpaired) electrons. The van der Waals surface area contributed by atoms with E-state index >= 15 is 0 Å². The number of amides is 3. The molecule has 0 saturated carbocycles. The number of halogens is 2. The fraction of sp³-hybridized carbons (Fsp3) is 0.517. The number of carbonyl (C=O) groups is 2. The average Bonchev–Trinajstić information content (AvgIpc) is 3.18. The third-order valence-corrected chi connectivity index (χ3v) is 7.18. The fourth-order valence-corrected chi connectivity index (χ4v) is 4.74. The van der Waals surface area contributed by atoms with Crippen LogP contribution in [-0.4, -0.2) is 42.5 Å². The van der Waals surface area contributed by atoms with Crippen LogP contribution in [-0.2, 0) is 4.79 Å². The van der Waals surface area contributed by atoms with E-state index in [-0.39, 0.29) is 35.4 Å². The maximum Gasteiger partial charge on any atom is 0.318 e. The Kier molecular flexibility index (Phi) is 10.7. The van der Waals surface area contributed by atoms with Crippen molar-refractivity contribution in [1.29, 1.82) is 0 Å². The second kappa shape index (κ2) is 14.0. The number of benzene rings is 2. The van der Waals surface area contributed by atoms with Gasteiger partial charge in [-0.25, -0.2) is 13.6 Å². The standard InChI is InChI=1S/C29H39F2N3O2/c1-3-21(2)27(33-29(36)34-19-6-4-5-7-20-34)28(35)32-18-8-9-26(22-10-14-24(30)15-11-22)23-12-16-25(31)17-13-23/h10-17,21,26-27H,3-9,18-20H2,1-2H3,(H,32,35)(H,33,36)/t21?,27-/m0/s1. The molecular formula is C29H39F2N3O2. The minimum atomic E-state index is -0.587. The molecule has 0 spiro atoms. The lowest BCUT2D eigenvalue weighted by Crippen LogP contribution is -2.54. The van der Waals surface area contributed by atoms with Crippen molar-refractivity contribution in [3.05, 3.63) is 71.3 Å². The van der Waals surface area contributed by atoms with Crippen LogP contribution < -0.4 is 10.6 Å². The molecule has 2 aromatic rings. The van der Waals surface area contributed by atoms with Gasteiger partial charge in [-0.15, -0.1) is 0 Å². The van der Waals surface area contributed by atoms with E-state index in [0.29, 0.717) is 19.4 Å². The summed E-state index contributed by atoms with van der Waals surface area (Å²) in [6, 6.07) is 12.0. The Morgan fingerprint density at radius 2 is 1.42 bits per heavy atom. The number of hydrogen-bond acceptors (Lipinski definition) is 2. The van der Waals surface area contributed by atoms with Crippen LogP contribution in [0.25, 0.3) is 0 Å². The summed E-state index contributed by atoms with van der Waals surface area (Å²) in [5, 5.41) is 5.98. The predicted octanol–water partition coefficient (Wildman–Crippen LogP) is 5.99. The molecule has 7 heteroatoms. The monoisotopic (exact) mass is 499 g/mol. The highest BCUT2D eigenvalue weighted by molar-refractivity contribution is 5.87. The van der Waals surface area contributed by atoms with Crippen molar-refractivity contribution in [2.24, 2.45) is 5.92 Å². The Morgan fingerprint density at radius 1 is 0.889 bits per heavy atom. The van der Waals surface area contributed by atoms with Crippen LogP contribution >= 0.6 is 0 Å². The fourth-order valence-electron chi connectivity index (χ4n) is 4.74. The molecule has 1 fully saturated rings. The zero-order valence-corrected chi connectivity index (χ0v) is 21.4. The van der Waals surface area contributed by atoms with Gasteiger partial charge in [-0.05, 0) is 67.0 Å². The van der Waals surface area contributed by atoms with Crippen LogP contribution in [0.1, 0.15) is 75.8 Å². The van der Waals surface area contributed by atoms with E-state index in [2.05, 4.69) is 10.6 Å². The van der Waals surface area contributed by atoms with Gasteiger partial charge in [-0.3, -0.25) is 4.79 Å². The van der Waals surface area contributed by atoms with E-state index in [1.807, 2.05) is 18.7 Å². The summed E-state index contributed by atoms with van der Waals surface area (Å²) >= 11 is 0. The molecule has 3 rings (SSSR count). The number of nitrogens with one attached hydrogen (secondary N) is 2. The van der Waals surface area contributed by atoms with Crippen LogP contribution in [0.15, 0.2) is 48.5 Å². The quantitative estimate of drug-likeness (QED) is 0.394. The minimum absolute atomic E-state index is 0.00658. The van der Waals surface area contributed by atoms with Gasteiger partial charge in [0.2, 0.25) is 5.91 Å². The number of nitrogens with zero attached hydrogens (tertiary/aromatic N) is 1. The number of hydrogen-bond donors (Lipinski definition) is 2. The summed E-state index contributed by atoms with van der Waals surface area (Å²) in [4.78, 5) is 27.7. The number of likely N-dealkylation sites (tertiary alicyclic amines) is 1. The predicted molar refractivity (Wildman–Crippen MR) is 139 cm³/mol. The van der Waals surface area contributed by atoms with E-state index < -0.39 is 6.04 Å². The van der Waals surface area contributed by atoms with Gasteiger partial charge in [0, 0.05) is 25.6 Å². The van der Waals surface area contributed by atoms with Crippen molar-refractivity contribution in [2.45, 2.75) is 70.8 Å². The van der Waals surface area contributed by atoms with Gasteiger partial charge >= 0.3 is 6.03 Å². The lowest BCUT2D eigenvalue weighted by molar-refractivity contribution is -0.124. The minimum Gasteiger partial charge on any atom is -0.354 e. The molecular weight excluding hydrogens is 460 g/mol. The molecule has 0 aromatic heterocycles. The Balaban J connectivity index is 1.58. The van der Waals surface area contributed by atoms with Crippen molar-refractivity contribution in [2.75, 3.05) is 19.6 Å². The van der Waals surface area contributed by atoms with Gasteiger partial charge in [0.1, 0.15) is 17.7 Å². The van der Waals surface area contributed by atoms with Gasteiger partial charge in [-0.2, -0.15) is 0 Å². The van der Waals surface area contributed by atoms with Gasteiger partial charge in [0.25, 0.3) is 0 Å². The van der Waals surface area contributed by atoms with Crippen molar-refractivity contribution >= 4 is 11.9 Å². The molecule has 5 nitrogen and oxygen atoms in total. The topological polar surface area (TPSA) is 61.4 Å². The van der Waals surface area contributed by atoms with Gasteiger partial charge in [0.05, 0.1) is 0 Å². The smallest absolute Gasteiger partial charge is 0.318 e. The summed E-state index contributed by atoms with van der Waals surface area (Å²) in [6.45, 7) is 5.90. The van der Waals surface area contributed by atoms with Crippen LogP contribution in [0.5, 0.6) is 0 Å². The maximum atomic E-state index is 13.5. The van der Waals surface area contributed by atoms with Crippen LogP contribution in [0.3, 0.4) is 0 Å². The highest BCUT2D eigenvalue weighted by atomic mass is 19.1. The highest BCUT2D eigenvalue weighted by Gasteiger charge is 2.28. The van der Waals surface area contributed by atoms with E-state index in [1.165, 1.54) is 24.3 Å². The van der Waals surface area contributed by atoms with E-state index in [9.17, 15) is 18.4 Å². The van der Waals surface area contributed by atoms with Gasteiger partial charge < -0.3 is 15.5 Å². The van der Waals surface area contributed by atoms with Crippen molar-refractivity contribution in [1.82, 2.24) is 15.5 Å². The Bertz CT molecular complexity index is 912. The third kappa shape index (κ3) is 8.04. The number of carbonyl (C=O) groups excluding carboxylic acids is 2. The van der Waals surface area contributed by atoms with E-state index in [1.54, 1.807) is 24.3 Å². The van der Waals surface area contributed by atoms with Crippen LogP contribution in [0, 0.1) is 17.6 Å². The Labute approximate surface area is 213 Å². The molecule has 1 saturated heterocycles. The molecule has 1 aliphatic heterocycles. The second-order valence-electron chi connectivity index (χ2n) is 9.80. The SMILES string of the molecule is CCC(C)[C@H](NC(=O)N1CCCCCC1)C(=O)NCCCC(c1ccc(F)cc1)c1ccc(F)cc1. The Hall–Kier alpha value is -2.96. The maximum absolute atomic E-state index is 13.5. The lowest BCUT2D eigenvalue weighted by Gasteiger charge is -2.28. The molecule has 1 unspecified atom stereocenters. The first-order chi connectivity index (χ1) is 17.4. The molecule has 2 atom stereocenters. The molecule has 0 bridgehead atoms. The van der Waals surface area contributed by atoms with Crippen LogP contribution in [0.2, 0.25) is 0 Å². The summed E-state index contributed by atoms with van der Waals surface area (Å²) in [5.41, 5.74) is 1.88. The summed E-state index contributed by atoms with van der Waals surface area (Å²) in [6.07, 6.45) is 6.42. The van der Waals surface area contributed by atoms with Crippen molar-refractivity contribution in [3.8, 4) is 0 Å². The molecule has 0 aliphatic carbocycles. The van der Waals surface area contributed by atoms with Crippen molar-refractivity contribution in [3.63, 3.8) is 0 Å². The largest absolute Gasteiger partial charge is 0.354 e. The number of rotatable bonds is 10. The summed E-state index contributed by atoms with van der Waals surface area (Å²) < 4.78 is 26.9. The molecule has 1 heterocycles. The van der Waals surface area contributed by atoms with Crippen LogP contribution in [0.4, 0.5) is 13.6 Å². The normalized spacial score (nSPS) is 15.8. The molecule has 2 N–H and O–H groups in total. The average molecular weight is 500 g/mol. The summed E-state index contributed by atoms with van der Waals surface area (Å²) in [7, 11) is 0. The second-order valence-corrected chi connectivity index (χ2v) is 9.80. The van der Waals surface area contributed by atoms with Gasteiger partial charge in [-0.1, -0.05) is 57.4 Å². The first-order valence-corrected chi connectivity index (χ1v) is 13.2. The zero-order chi connectivity index (χ0) is 25.9. The van der Waals surface area contributed by atoms with Gasteiger partial charge in [0.15, 0.2) is 0 Å². The molecule has 196 valence electrons. The molecule has 3 amide bonds. The first kappa shape index (κ1) is 27.6. The lowest BCUT2D eigenvalue weighted by atomic mass is 9.87. The Morgan fingerprint density at radius 3 is 1.92 bits per heavy atom. The molecule has 1 aliphatic rings. The van der Waals surface area contributed by atoms with Crippen molar-refractivity contribution < 1.29 is 18.4 Å². The zero-order valence-electron chi connectivity index (χ0n) is 21.4. The van der Waals surface area contributed by atoms with E-state index in [4.69, 9.17) is 0 Å². The number of urea groups is 1. The summed E-state index contributed by atoms with van der Waals surface area (Å²) in [5.74, 6) is -0.819. The third-order valence-electron chi connectivity index (χ3n) is 7.18. The molecule has 36 heavy (non-hydrogen) atoms.